The predicted octanol–water partition coefficient (Wildman–Crippen LogP) is 4.33. The van der Waals surface area contributed by atoms with Gasteiger partial charge in [0.2, 0.25) is 0 Å². The summed E-state index contributed by atoms with van der Waals surface area (Å²) in [6.07, 6.45) is 3.15. The van der Waals surface area contributed by atoms with Crippen LogP contribution in [0.4, 0.5) is 8.78 Å². The van der Waals surface area contributed by atoms with E-state index >= 15 is 0 Å². The molecule has 2 atom stereocenters. The number of epoxide rings is 1. The van der Waals surface area contributed by atoms with Gasteiger partial charge in [-0.1, -0.05) is 24.0 Å². The average molecular weight is 326 g/mol. The molecule has 4 rings (SSSR count). The molecular formula is C20H16F2O2. The third kappa shape index (κ3) is 3.42. The molecule has 0 spiro atoms. The minimum atomic E-state index is -2.81. The van der Waals surface area contributed by atoms with E-state index in [4.69, 9.17) is 4.74 Å². The van der Waals surface area contributed by atoms with Crippen LogP contribution >= 0.6 is 0 Å². The van der Waals surface area contributed by atoms with Gasteiger partial charge in [-0.25, -0.2) is 0 Å². The molecule has 0 amide bonds. The number of fused-ring (bicyclic) bond motifs is 1. The van der Waals surface area contributed by atoms with Gasteiger partial charge in [0, 0.05) is 11.1 Å². The molecule has 1 saturated heterocycles. The zero-order valence-corrected chi connectivity index (χ0v) is 12.9. The van der Waals surface area contributed by atoms with Crippen molar-refractivity contribution in [3.63, 3.8) is 0 Å². The summed E-state index contributed by atoms with van der Waals surface area (Å²) >= 11 is 0. The molecule has 2 fully saturated rings. The Morgan fingerprint density at radius 3 is 2.38 bits per heavy atom. The van der Waals surface area contributed by atoms with Crippen molar-refractivity contribution in [1.82, 2.24) is 0 Å². The lowest BCUT2D eigenvalue weighted by Crippen LogP contribution is -2.01. The number of benzene rings is 2. The van der Waals surface area contributed by atoms with Crippen molar-refractivity contribution in [2.45, 2.75) is 37.6 Å². The molecule has 0 radical (unpaired) electrons. The molecule has 1 aliphatic heterocycles. The number of rotatable bonds is 3. The first kappa shape index (κ1) is 15.2. The highest BCUT2D eigenvalue weighted by Gasteiger charge is 2.48. The molecule has 4 heteroatoms. The largest absolute Gasteiger partial charge is 0.435 e. The smallest absolute Gasteiger partial charge is 0.387 e. The van der Waals surface area contributed by atoms with Crippen LogP contribution in [0.25, 0.3) is 0 Å². The van der Waals surface area contributed by atoms with E-state index in [0.717, 1.165) is 24.0 Å². The summed E-state index contributed by atoms with van der Waals surface area (Å²) in [7, 11) is 0. The second-order valence-corrected chi connectivity index (χ2v) is 6.16. The van der Waals surface area contributed by atoms with Crippen LogP contribution in [0.1, 0.15) is 35.4 Å². The molecule has 1 saturated carbocycles. The maximum Gasteiger partial charge on any atom is 0.387 e. The van der Waals surface area contributed by atoms with Gasteiger partial charge in [0.25, 0.3) is 0 Å². The van der Waals surface area contributed by atoms with E-state index in [9.17, 15) is 8.78 Å². The molecule has 24 heavy (non-hydrogen) atoms. The van der Waals surface area contributed by atoms with Crippen LogP contribution < -0.4 is 4.74 Å². The van der Waals surface area contributed by atoms with Crippen LogP contribution in [0.2, 0.25) is 0 Å². The molecule has 0 bridgehead atoms. The van der Waals surface area contributed by atoms with E-state index in [1.807, 2.05) is 12.1 Å². The Kier molecular flexibility index (Phi) is 3.95. The second kappa shape index (κ2) is 6.26. The molecule has 1 aliphatic carbocycles. The number of alkyl halides is 2. The van der Waals surface area contributed by atoms with Gasteiger partial charge < -0.3 is 9.47 Å². The summed E-state index contributed by atoms with van der Waals surface area (Å²) in [6.45, 7) is -2.81. The summed E-state index contributed by atoms with van der Waals surface area (Å²) in [5, 5.41) is 0. The fourth-order valence-electron chi connectivity index (χ4n) is 3.26. The third-order valence-electron chi connectivity index (χ3n) is 4.51. The van der Waals surface area contributed by atoms with Gasteiger partial charge >= 0.3 is 6.61 Å². The van der Waals surface area contributed by atoms with Crippen LogP contribution in [-0.4, -0.2) is 18.8 Å². The van der Waals surface area contributed by atoms with E-state index in [1.165, 1.54) is 17.7 Å². The van der Waals surface area contributed by atoms with Crippen molar-refractivity contribution in [3.05, 3.63) is 65.2 Å². The monoisotopic (exact) mass is 326 g/mol. The Balaban J connectivity index is 1.46. The SMILES string of the molecule is FC(F)Oc1ccc(C#Cc2cccc(C3CC4OC4C3)c2)cc1. The standard InChI is InChI=1S/C20H16F2O2/c21-20(22)23-17-8-6-13(7-9-17)4-5-14-2-1-3-15(10-14)16-11-18-19(12-16)24-18/h1-3,6-10,16,18-20H,11-12H2. The van der Waals surface area contributed by atoms with E-state index in [1.54, 1.807) is 12.1 Å². The van der Waals surface area contributed by atoms with Crippen LogP contribution in [0, 0.1) is 11.8 Å². The first-order valence-electron chi connectivity index (χ1n) is 8.00. The molecule has 2 nitrogen and oxygen atoms in total. The topological polar surface area (TPSA) is 21.8 Å². The van der Waals surface area contributed by atoms with E-state index < -0.39 is 6.61 Å². The lowest BCUT2D eigenvalue weighted by molar-refractivity contribution is -0.0498. The van der Waals surface area contributed by atoms with Gasteiger partial charge in [-0.05, 0) is 60.7 Å². The molecule has 1 heterocycles. The van der Waals surface area contributed by atoms with Gasteiger partial charge in [-0.15, -0.1) is 0 Å². The number of hydrogen-bond acceptors (Lipinski definition) is 2. The third-order valence-corrected chi connectivity index (χ3v) is 4.51. The highest BCUT2D eigenvalue weighted by molar-refractivity contribution is 5.45. The predicted molar refractivity (Wildman–Crippen MR) is 86.1 cm³/mol. The minimum Gasteiger partial charge on any atom is -0.435 e. The Morgan fingerprint density at radius 1 is 0.958 bits per heavy atom. The summed E-state index contributed by atoms with van der Waals surface area (Å²) in [4.78, 5) is 0. The van der Waals surface area contributed by atoms with Crippen molar-refractivity contribution in [2.24, 2.45) is 0 Å². The molecule has 122 valence electrons. The molecule has 2 aromatic carbocycles. The van der Waals surface area contributed by atoms with E-state index in [2.05, 4.69) is 28.7 Å². The Hall–Kier alpha value is -2.38. The van der Waals surface area contributed by atoms with Crippen molar-refractivity contribution in [3.8, 4) is 17.6 Å². The van der Waals surface area contributed by atoms with Crippen LogP contribution in [0.3, 0.4) is 0 Å². The first-order chi connectivity index (χ1) is 11.7. The van der Waals surface area contributed by atoms with Crippen molar-refractivity contribution < 1.29 is 18.3 Å². The van der Waals surface area contributed by atoms with Gasteiger partial charge in [0.1, 0.15) is 5.75 Å². The zero-order valence-electron chi connectivity index (χ0n) is 12.9. The van der Waals surface area contributed by atoms with Crippen molar-refractivity contribution in [1.29, 1.82) is 0 Å². The normalized spacial score (nSPS) is 24.2. The van der Waals surface area contributed by atoms with Crippen LogP contribution in [0.15, 0.2) is 48.5 Å². The number of ether oxygens (including phenoxy) is 2. The van der Waals surface area contributed by atoms with Crippen LogP contribution in [0.5, 0.6) is 5.75 Å². The van der Waals surface area contributed by atoms with Crippen molar-refractivity contribution >= 4 is 0 Å². The fraction of sp³-hybridized carbons (Fsp3) is 0.300. The molecule has 2 aliphatic rings. The highest BCUT2D eigenvalue weighted by Crippen LogP contribution is 2.46. The van der Waals surface area contributed by atoms with Gasteiger partial charge in [0.15, 0.2) is 0 Å². The number of halogens is 2. The lowest BCUT2D eigenvalue weighted by Gasteiger charge is -2.11. The molecule has 2 unspecified atom stereocenters. The maximum atomic E-state index is 12.1. The lowest BCUT2D eigenvalue weighted by atomic mass is 9.95. The summed E-state index contributed by atoms with van der Waals surface area (Å²) in [6, 6.07) is 14.6. The van der Waals surface area contributed by atoms with Gasteiger partial charge in [-0.3, -0.25) is 0 Å². The minimum absolute atomic E-state index is 0.138. The van der Waals surface area contributed by atoms with Gasteiger partial charge in [0.05, 0.1) is 12.2 Å². The zero-order chi connectivity index (χ0) is 16.5. The molecular weight excluding hydrogens is 310 g/mol. The van der Waals surface area contributed by atoms with E-state index in [0.29, 0.717) is 18.1 Å². The Morgan fingerprint density at radius 2 is 1.67 bits per heavy atom. The summed E-state index contributed by atoms with van der Waals surface area (Å²) in [5.74, 6) is 6.91. The second-order valence-electron chi connectivity index (χ2n) is 6.16. The molecule has 0 N–H and O–H groups in total. The maximum absolute atomic E-state index is 12.1. The van der Waals surface area contributed by atoms with Crippen molar-refractivity contribution in [2.75, 3.05) is 0 Å². The first-order valence-corrected chi connectivity index (χ1v) is 8.00. The molecule has 2 aromatic rings. The quantitative estimate of drug-likeness (QED) is 0.618. The highest BCUT2D eigenvalue weighted by atomic mass is 19.3. The summed E-state index contributed by atoms with van der Waals surface area (Å²) < 4.78 is 34.1. The van der Waals surface area contributed by atoms with Gasteiger partial charge in [-0.2, -0.15) is 8.78 Å². The fourth-order valence-corrected chi connectivity index (χ4v) is 3.26. The number of hydrogen-bond donors (Lipinski definition) is 0. The Bertz CT molecular complexity index is 779. The van der Waals surface area contributed by atoms with E-state index in [-0.39, 0.29) is 5.75 Å². The van der Waals surface area contributed by atoms with Crippen LogP contribution in [-0.2, 0) is 4.74 Å². The Labute approximate surface area is 139 Å². The summed E-state index contributed by atoms with van der Waals surface area (Å²) in [5.41, 5.74) is 3.04. The average Bonchev–Trinajstić information content (AvgIpc) is 3.20. The molecule has 0 aromatic heterocycles.